The molecule has 0 unspecified atom stereocenters. The van der Waals surface area contributed by atoms with Gasteiger partial charge in [-0.25, -0.2) is 4.98 Å². The molecule has 0 amide bonds. The first kappa shape index (κ1) is 17.0. The maximum Gasteiger partial charge on any atom is 0.222 e. The SMILES string of the molecule is CNC1CN(c2cc(CNC[C@H]3CC[C@@H]4C[C@H]3C4(C)C)nc(N)n2)C1. The van der Waals surface area contributed by atoms with Crippen LogP contribution in [0.15, 0.2) is 6.07 Å². The number of fused-ring (bicyclic) bond motifs is 2. The fourth-order valence-corrected chi connectivity index (χ4v) is 5.20. The van der Waals surface area contributed by atoms with Gasteiger partial charge in [-0.05, 0) is 56.0 Å². The quantitative estimate of drug-likeness (QED) is 0.728. The molecule has 4 fully saturated rings. The van der Waals surface area contributed by atoms with Crippen LogP contribution >= 0.6 is 0 Å². The summed E-state index contributed by atoms with van der Waals surface area (Å²) in [5.41, 5.74) is 7.48. The monoisotopic (exact) mass is 344 g/mol. The van der Waals surface area contributed by atoms with Crippen molar-refractivity contribution in [2.45, 2.75) is 45.7 Å². The maximum absolute atomic E-state index is 5.93. The van der Waals surface area contributed by atoms with Crippen molar-refractivity contribution in [3.05, 3.63) is 11.8 Å². The Balaban J connectivity index is 1.32. The van der Waals surface area contributed by atoms with Gasteiger partial charge in [0.2, 0.25) is 5.95 Å². The van der Waals surface area contributed by atoms with E-state index in [9.17, 15) is 0 Å². The van der Waals surface area contributed by atoms with Crippen molar-refractivity contribution in [3.8, 4) is 0 Å². The summed E-state index contributed by atoms with van der Waals surface area (Å²) < 4.78 is 0. The van der Waals surface area contributed by atoms with Crippen molar-refractivity contribution in [1.29, 1.82) is 0 Å². The van der Waals surface area contributed by atoms with E-state index in [1.54, 1.807) is 0 Å². The number of nitrogens with two attached hydrogens (primary N) is 1. The molecule has 4 N–H and O–H groups in total. The highest BCUT2D eigenvalue weighted by Gasteiger charge is 2.53. The van der Waals surface area contributed by atoms with Crippen LogP contribution < -0.4 is 21.3 Å². The second-order valence-electron chi connectivity index (χ2n) is 8.80. The molecule has 3 saturated carbocycles. The molecule has 25 heavy (non-hydrogen) atoms. The summed E-state index contributed by atoms with van der Waals surface area (Å²) in [7, 11) is 2.00. The van der Waals surface area contributed by atoms with Crippen LogP contribution in [0.4, 0.5) is 11.8 Å². The zero-order valence-electron chi connectivity index (χ0n) is 15.8. The summed E-state index contributed by atoms with van der Waals surface area (Å²) in [4.78, 5) is 11.1. The van der Waals surface area contributed by atoms with Gasteiger partial charge in [0.25, 0.3) is 0 Å². The van der Waals surface area contributed by atoms with Crippen molar-refractivity contribution in [1.82, 2.24) is 20.6 Å². The Morgan fingerprint density at radius 2 is 2.08 bits per heavy atom. The zero-order valence-corrected chi connectivity index (χ0v) is 15.8. The number of nitrogens with one attached hydrogen (secondary N) is 2. The topological polar surface area (TPSA) is 79.1 Å². The van der Waals surface area contributed by atoms with Crippen LogP contribution in [0.5, 0.6) is 0 Å². The Bertz CT molecular complexity index is 622. The van der Waals surface area contributed by atoms with Crippen LogP contribution in [0.3, 0.4) is 0 Å². The van der Waals surface area contributed by atoms with Crippen molar-refractivity contribution in [2.24, 2.45) is 23.2 Å². The van der Waals surface area contributed by atoms with E-state index in [0.717, 1.165) is 55.4 Å². The summed E-state index contributed by atoms with van der Waals surface area (Å²) in [5.74, 6) is 4.00. The predicted molar refractivity (Wildman–Crippen MR) is 101 cm³/mol. The van der Waals surface area contributed by atoms with Gasteiger partial charge in [-0.15, -0.1) is 0 Å². The fraction of sp³-hybridized carbons (Fsp3) is 0.789. The van der Waals surface area contributed by atoms with Crippen LogP contribution in [0, 0.1) is 23.2 Å². The van der Waals surface area contributed by atoms with Crippen molar-refractivity contribution < 1.29 is 0 Å². The van der Waals surface area contributed by atoms with Crippen LogP contribution in [-0.4, -0.2) is 42.7 Å². The van der Waals surface area contributed by atoms with Gasteiger partial charge in [0.05, 0.1) is 5.69 Å². The normalized spacial score (nSPS) is 30.7. The number of hydrogen-bond acceptors (Lipinski definition) is 6. The summed E-state index contributed by atoms with van der Waals surface area (Å²) in [5, 5.41) is 6.92. The summed E-state index contributed by atoms with van der Waals surface area (Å²) in [6.07, 6.45) is 4.22. The smallest absolute Gasteiger partial charge is 0.222 e. The highest BCUT2D eigenvalue weighted by molar-refractivity contribution is 5.46. The van der Waals surface area contributed by atoms with E-state index in [1.807, 2.05) is 7.05 Å². The molecule has 0 spiro atoms. The summed E-state index contributed by atoms with van der Waals surface area (Å²) in [6.45, 7) is 8.75. The Hall–Kier alpha value is -1.40. The van der Waals surface area contributed by atoms with E-state index < -0.39 is 0 Å². The lowest BCUT2D eigenvalue weighted by Crippen LogP contribution is -2.57. The van der Waals surface area contributed by atoms with Gasteiger partial charge in [-0.2, -0.15) is 4.98 Å². The van der Waals surface area contributed by atoms with Crippen LogP contribution in [0.25, 0.3) is 0 Å². The van der Waals surface area contributed by atoms with Crippen LogP contribution in [-0.2, 0) is 6.54 Å². The molecule has 138 valence electrons. The molecule has 2 heterocycles. The van der Waals surface area contributed by atoms with E-state index in [1.165, 1.54) is 19.3 Å². The second-order valence-corrected chi connectivity index (χ2v) is 8.80. The first-order chi connectivity index (χ1) is 12.0. The summed E-state index contributed by atoms with van der Waals surface area (Å²) in [6, 6.07) is 2.64. The van der Waals surface area contributed by atoms with Gasteiger partial charge in [0, 0.05) is 31.7 Å². The van der Waals surface area contributed by atoms with Gasteiger partial charge < -0.3 is 21.3 Å². The Kier molecular flexibility index (Phi) is 4.36. The third kappa shape index (κ3) is 3.10. The number of nitrogens with zero attached hydrogens (tertiary/aromatic N) is 3. The number of aromatic nitrogens is 2. The first-order valence-corrected chi connectivity index (χ1v) is 9.73. The number of likely N-dealkylation sites (N-methyl/N-ethyl adjacent to an activating group) is 1. The minimum Gasteiger partial charge on any atom is -0.368 e. The Morgan fingerprint density at radius 1 is 1.28 bits per heavy atom. The van der Waals surface area contributed by atoms with Crippen molar-refractivity contribution in [2.75, 3.05) is 37.3 Å². The highest BCUT2D eigenvalue weighted by atomic mass is 15.3. The van der Waals surface area contributed by atoms with Crippen LogP contribution in [0.2, 0.25) is 0 Å². The highest BCUT2D eigenvalue weighted by Crippen LogP contribution is 2.61. The van der Waals surface area contributed by atoms with Crippen molar-refractivity contribution in [3.63, 3.8) is 0 Å². The lowest BCUT2D eigenvalue weighted by Gasteiger charge is -2.60. The third-order valence-electron chi connectivity index (χ3n) is 7.11. The zero-order chi connectivity index (χ0) is 17.6. The Morgan fingerprint density at radius 3 is 2.76 bits per heavy atom. The van der Waals surface area contributed by atoms with Gasteiger partial charge >= 0.3 is 0 Å². The third-order valence-corrected chi connectivity index (χ3v) is 7.11. The molecule has 0 radical (unpaired) electrons. The molecule has 1 aliphatic heterocycles. The number of nitrogen functional groups attached to an aromatic ring is 1. The molecule has 5 rings (SSSR count). The van der Waals surface area contributed by atoms with E-state index in [0.29, 0.717) is 17.4 Å². The maximum atomic E-state index is 5.93. The first-order valence-electron chi connectivity index (χ1n) is 9.73. The molecule has 0 aromatic carbocycles. The lowest BCUT2D eigenvalue weighted by atomic mass is 9.45. The van der Waals surface area contributed by atoms with Gasteiger partial charge in [0.1, 0.15) is 5.82 Å². The number of rotatable bonds is 6. The van der Waals surface area contributed by atoms with Gasteiger partial charge in [-0.1, -0.05) is 13.8 Å². The van der Waals surface area contributed by atoms with E-state index in [-0.39, 0.29) is 0 Å². The average molecular weight is 345 g/mol. The van der Waals surface area contributed by atoms with Gasteiger partial charge in [-0.3, -0.25) is 0 Å². The lowest BCUT2D eigenvalue weighted by molar-refractivity contribution is -0.103. The van der Waals surface area contributed by atoms with Crippen LogP contribution in [0.1, 0.15) is 38.8 Å². The van der Waals surface area contributed by atoms with E-state index >= 15 is 0 Å². The molecule has 1 saturated heterocycles. The minimum absolute atomic E-state index is 0.378. The molecule has 2 bridgehead atoms. The average Bonchev–Trinajstić information content (AvgIpc) is 2.53. The molecule has 1 aromatic rings. The second kappa shape index (κ2) is 6.40. The molecular weight excluding hydrogens is 312 g/mol. The largest absolute Gasteiger partial charge is 0.368 e. The van der Waals surface area contributed by atoms with Crippen molar-refractivity contribution >= 4 is 11.8 Å². The van der Waals surface area contributed by atoms with E-state index in [4.69, 9.17) is 5.73 Å². The molecule has 6 heteroatoms. The number of hydrogen-bond donors (Lipinski definition) is 3. The minimum atomic E-state index is 0.378. The Labute approximate surface area is 151 Å². The summed E-state index contributed by atoms with van der Waals surface area (Å²) >= 11 is 0. The standard InChI is InChI=1S/C19H32N6/c1-19(2)13-5-4-12(16(19)6-13)8-22-9-14-7-17(24-18(20)23-14)25-10-15(11-25)21-3/h7,12-13,15-16,21-22H,4-6,8-11H2,1-3H3,(H2,20,23,24)/t12-,13-,16-/m1/s1. The van der Waals surface area contributed by atoms with E-state index in [2.05, 4.69) is 45.4 Å². The predicted octanol–water partition coefficient (Wildman–Crippen LogP) is 1.63. The number of anilines is 2. The van der Waals surface area contributed by atoms with Gasteiger partial charge in [0.15, 0.2) is 0 Å². The fourth-order valence-electron chi connectivity index (χ4n) is 5.20. The molecular formula is C19H32N6. The molecule has 4 aliphatic rings. The molecule has 1 aromatic heterocycles. The molecule has 6 nitrogen and oxygen atoms in total. The molecule has 3 aliphatic carbocycles. The molecule has 3 atom stereocenters.